The topological polar surface area (TPSA) is 139 Å². The largest absolute Gasteiger partial charge is 0.491 e. The number of nitrogens with one attached hydrogen (secondary N) is 1. The van der Waals surface area contributed by atoms with Crippen LogP contribution in [-0.2, 0) is 23.9 Å². The predicted molar refractivity (Wildman–Crippen MR) is 131 cm³/mol. The van der Waals surface area contributed by atoms with Crippen LogP contribution in [0.25, 0.3) is 0 Å². The molecule has 1 unspecified atom stereocenters. The number of esters is 2. The van der Waals surface area contributed by atoms with Gasteiger partial charge in [0, 0.05) is 31.6 Å². The summed E-state index contributed by atoms with van der Waals surface area (Å²) in [6.07, 6.45) is -6.24. The van der Waals surface area contributed by atoms with Crippen molar-refractivity contribution in [2.75, 3.05) is 31.6 Å². The number of carbonyl (C=O) groups is 5. The van der Waals surface area contributed by atoms with Crippen LogP contribution in [0.2, 0.25) is 0 Å². The summed E-state index contributed by atoms with van der Waals surface area (Å²) < 4.78 is 41.8. The van der Waals surface area contributed by atoms with E-state index in [1.807, 2.05) is 0 Å². The number of nitrogens with two attached hydrogens (primary N) is 1. The Morgan fingerprint density at radius 3 is 2.46 bits per heavy atom. The molecule has 1 aliphatic rings. The molecule has 0 saturated heterocycles. The number of benzene rings is 2. The Morgan fingerprint density at radius 1 is 1.13 bits per heavy atom. The number of rotatable bonds is 6. The summed E-state index contributed by atoms with van der Waals surface area (Å²) in [4.78, 5) is 64.3. The fourth-order valence-corrected chi connectivity index (χ4v) is 3.74. The van der Waals surface area contributed by atoms with E-state index in [2.05, 4.69) is 21.9 Å². The Bertz CT molecular complexity index is 1350. The number of hydrogen-bond acceptors (Lipinski definition) is 7. The molecule has 3 amide bonds. The summed E-state index contributed by atoms with van der Waals surface area (Å²) in [7, 11) is 1.43. The number of anilines is 1. The zero-order valence-corrected chi connectivity index (χ0v) is 20.6. The molecule has 3 N–H and O–H groups in total. The van der Waals surface area contributed by atoms with Gasteiger partial charge in [-0.25, -0.2) is 4.79 Å². The highest BCUT2D eigenvalue weighted by Crippen LogP contribution is 2.33. The van der Waals surface area contributed by atoms with E-state index in [1.165, 1.54) is 42.3 Å². The normalized spacial score (nSPS) is 14.0. The van der Waals surface area contributed by atoms with Crippen LogP contribution in [0.5, 0.6) is 0 Å². The molecule has 0 fully saturated rings. The number of hydrogen-bond donors (Lipinski definition) is 2. The minimum Gasteiger partial charge on any atom is -0.386 e. The molecule has 10 nitrogen and oxygen atoms in total. The fourth-order valence-electron chi connectivity index (χ4n) is 3.74. The Balaban J connectivity index is 2.00. The highest BCUT2D eigenvalue weighted by molar-refractivity contribution is 6.10. The maximum atomic E-state index is 13.7. The number of amides is 3. The molecule has 39 heavy (non-hydrogen) atoms. The van der Waals surface area contributed by atoms with Crippen molar-refractivity contribution in [2.45, 2.75) is 18.6 Å². The van der Waals surface area contributed by atoms with Crippen molar-refractivity contribution in [3.05, 3.63) is 65.2 Å². The van der Waals surface area contributed by atoms with Crippen LogP contribution in [-0.4, -0.2) is 67.4 Å². The highest BCUT2D eigenvalue weighted by Gasteiger charge is 2.43. The van der Waals surface area contributed by atoms with E-state index in [4.69, 9.17) is 5.73 Å². The standard InChI is InChI=1S/C26H23F3N4O6/c1-32-19-9-7-16(8-10-21(34)31-12-11-30)13-18(19)24(37)33(15-22(32)35)20(17-5-3-2-4-6-17)14-23(36)39-25(38)26(27,28)29/h2-7,9,13,20H,11-12,14-15,30H2,1H3,(H,31,34). The summed E-state index contributed by atoms with van der Waals surface area (Å²) in [5.41, 5.74) is 6.12. The van der Waals surface area contributed by atoms with Gasteiger partial charge in [0.15, 0.2) is 0 Å². The first kappa shape index (κ1) is 28.9. The molecular formula is C26H23F3N4O6. The quantitative estimate of drug-likeness (QED) is 0.318. The van der Waals surface area contributed by atoms with Gasteiger partial charge in [-0.1, -0.05) is 36.3 Å². The molecule has 0 aromatic heterocycles. The van der Waals surface area contributed by atoms with E-state index in [0.717, 1.165) is 4.90 Å². The zero-order valence-electron chi connectivity index (χ0n) is 20.6. The van der Waals surface area contributed by atoms with Crippen LogP contribution < -0.4 is 16.0 Å². The SMILES string of the molecule is CN1C(=O)CN(C(CC(=O)OC(=O)C(F)(F)F)c2ccccc2)C(=O)c2cc(C#CC(=O)NCCN)ccc21. The molecule has 2 aromatic rings. The fraction of sp³-hybridized carbons (Fsp3) is 0.269. The van der Waals surface area contributed by atoms with Crippen LogP contribution in [0.15, 0.2) is 48.5 Å². The van der Waals surface area contributed by atoms with Crippen molar-refractivity contribution in [1.29, 1.82) is 0 Å². The molecule has 204 valence electrons. The first-order chi connectivity index (χ1) is 18.4. The summed E-state index contributed by atoms with van der Waals surface area (Å²) in [6.45, 7) is -0.0973. The van der Waals surface area contributed by atoms with Crippen LogP contribution >= 0.6 is 0 Å². The average molecular weight is 544 g/mol. The molecule has 0 bridgehead atoms. The van der Waals surface area contributed by atoms with E-state index in [9.17, 15) is 37.1 Å². The van der Waals surface area contributed by atoms with E-state index < -0.39 is 54.8 Å². The van der Waals surface area contributed by atoms with Gasteiger partial charge >= 0.3 is 18.1 Å². The number of nitrogens with zero attached hydrogens (tertiary/aromatic N) is 2. The summed E-state index contributed by atoms with van der Waals surface area (Å²) in [6, 6.07) is 10.9. The first-order valence-electron chi connectivity index (χ1n) is 11.5. The van der Waals surface area contributed by atoms with Crippen LogP contribution in [0.3, 0.4) is 0 Å². The number of carbonyl (C=O) groups excluding carboxylic acids is 5. The van der Waals surface area contributed by atoms with Crippen molar-refractivity contribution >= 4 is 35.3 Å². The average Bonchev–Trinajstić information content (AvgIpc) is 2.99. The minimum absolute atomic E-state index is 0.00168. The van der Waals surface area contributed by atoms with Gasteiger partial charge in [-0.3, -0.25) is 19.2 Å². The van der Waals surface area contributed by atoms with Crippen molar-refractivity contribution in [1.82, 2.24) is 10.2 Å². The van der Waals surface area contributed by atoms with Crippen molar-refractivity contribution in [2.24, 2.45) is 5.73 Å². The molecule has 0 saturated carbocycles. The minimum atomic E-state index is -5.40. The molecule has 2 aromatic carbocycles. The Labute approximate surface area is 220 Å². The lowest BCUT2D eigenvalue weighted by atomic mass is 10.00. The van der Waals surface area contributed by atoms with Crippen molar-refractivity contribution < 1.29 is 41.9 Å². The molecule has 1 atom stereocenters. The predicted octanol–water partition coefficient (Wildman–Crippen LogP) is 1.30. The second kappa shape index (κ2) is 12.2. The van der Waals surface area contributed by atoms with Gasteiger partial charge in [-0.15, -0.1) is 0 Å². The van der Waals surface area contributed by atoms with E-state index in [-0.39, 0.29) is 29.9 Å². The third-order valence-corrected chi connectivity index (χ3v) is 5.64. The van der Waals surface area contributed by atoms with Gasteiger partial charge < -0.3 is 25.6 Å². The summed E-state index contributed by atoms with van der Waals surface area (Å²) in [5.74, 6) is -1.13. The third kappa shape index (κ3) is 7.20. The van der Waals surface area contributed by atoms with Gasteiger partial charge in [0.1, 0.15) is 6.54 Å². The molecular weight excluding hydrogens is 521 g/mol. The molecule has 0 radical (unpaired) electrons. The number of likely N-dealkylation sites (N-methyl/N-ethyl adjacent to an activating group) is 1. The second-order valence-electron chi connectivity index (χ2n) is 8.30. The third-order valence-electron chi connectivity index (χ3n) is 5.64. The lowest BCUT2D eigenvalue weighted by molar-refractivity contribution is -0.202. The monoisotopic (exact) mass is 544 g/mol. The number of alkyl halides is 3. The molecule has 1 heterocycles. The van der Waals surface area contributed by atoms with E-state index in [1.54, 1.807) is 18.2 Å². The number of ether oxygens (including phenoxy) is 1. The van der Waals surface area contributed by atoms with Crippen LogP contribution in [0.4, 0.5) is 18.9 Å². The smallest absolute Gasteiger partial charge is 0.386 e. The number of halogens is 3. The molecule has 0 aliphatic carbocycles. The molecule has 1 aliphatic heterocycles. The maximum absolute atomic E-state index is 13.7. The lowest BCUT2D eigenvalue weighted by Crippen LogP contribution is -2.41. The van der Waals surface area contributed by atoms with Crippen LogP contribution in [0.1, 0.15) is 33.9 Å². The maximum Gasteiger partial charge on any atom is 0.491 e. The summed E-state index contributed by atoms with van der Waals surface area (Å²) in [5, 5.41) is 2.47. The Hall–Kier alpha value is -4.70. The Morgan fingerprint density at radius 2 is 1.82 bits per heavy atom. The zero-order chi connectivity index (χ0) is 28.7. The first-order valence-corrected chi connectivity index (χ1v) is 11.5. The second-order valence-corrected chi connectivity index (χ2v) is 8.30. The van der Waals surface area contributed by atoms with Crippen molar-refractivity contribution in [3.63, 3.8) is 0 Å². The summed E-state index contributed by atoms with van der Waals surface area (Å²) >= 11 is 0. The van der Waals surface area contributed by atoms with Gasteiger partial charge in [0.2, 0.25) is 5.91 Å². The van der Waals surface area contributed by atoms with Gasteiger partial charge in [-0.2, -0.15) is 13.2 Å². The lowest BCUT2D eigenvalue weighted by Gasteiger charge is -2.30. The Kier molecular flexibility index (Phi) is 9.05. The van der Waals surface area contributed by atoms with Gasteiger partial charge in [-0.05, 0) is 23.8 Å². The van der Waals surface area contributed by atoms with Crippen LogP contribution in [0, 0.1) is 11.8 Å². The molecule has 0 spiro atoms. The van der Waals surface area contributed by atoms with E-state index >= 15 is 0 Å². The van der Waals surface area contributed by atoms with Gasteiger partial charge in [0.25, 0.3) is 11.8 Å². The molecule has 13 heteroatoms. The number of fused-ring (bicyclic) bond motifs is 1. The van der Waals surface area contributed by atoms with Gasteiger partial charge in [0.05, 0.1) is 23.7 Å². The highest BCUT2D eigenvalue weighted by atomic mass is 19.4. The molecule has 3 rings (SSSR count). The van der Waals surface area contributed by atoms with E-state index in [0.29, 0.717) is 5.56 Å². The van der Waals surface area contributed by atoms with Crippen molar-refractivity contribution in [3.8, 4) is 11.8 Å².